The van der Waals surface area contributed by atoms with Crippen molar-refractivity contribution in [2.24, 2.45) is 5.92 Å². The quantitative estimate of drug-likeness (QED) is 0.681. The Hall–Kier alpha value is -2.71. The molecule has 0 bridgehead atoms. The Morgan fingerprint density at radius 2 is 1.97 bits per heavy atom. The average Bonchev–Trinajstić information content (AvgIpc) is 3.18. The summed E-state index contributed by atoms with van der Waals surface area (Å²) >= 11 is 0. The molecule has 0 unspecified atom stereocenters. The number of amides is 2. The molecule has 3 heterocycles. The smallest absolute Gasteiger partial charge is 0.238 e. The van der Waals surface area contributed by atoms with Gasteiger partial charge in [0.15, 0.2) is 0 Å². The van der Waals surface area contributed by atoms with E-state index in [4.69, 9.17) is 0 Å². The van der Waals surface area contributed by atoms with Gasteiger partial charge in [0.25, 0.3) is 0 Å². The summed E-state index contributed by atoms with van der Waals surface area (Å²) < 4.78 is 0. The number of rotatable bonds is 5. The maximum Gasteiger partial charge on any atom is 0.238 e. The molecule has 0 saturated carbocycles. The van der Waals surface area contributed by atoms with Gasteiger partial charge in [0, 0.05) is 32.0 Å². The molecule has 8 nitrogen and oxygen atoms in total. The zero-order valence-corrected chi connectivity index (χ0v) is 18.7. The highest BCUT2D eigenvalue weighted by Gasteiger charge is 2.55. The summed E-state index contributed by atoms with van der Waals surface area (Å²) in [4.78, 5) is 29.7. The Morgan fingerprint density at radius 3 is 2.61 bits per heavy atom. The SMILES string of the molecule is CC(=O)N[C@@]12CN(C)CC[C@@H]1[C@@H](c1ccccc1)N(CC(=O)Nc1c(C)n[nH]c1C)C2. The van der Waals surface area contributed by atoms with E-state index in [9.17, 15) is 9.59 Å². The van der Waals surface area contributed by atoms with E-state index >= 15 is 0 Å². The summed E-state index contributed by atoms with van der Waals surface area (Å²) in [6.45, 7) is 7.99. The van der Waals surface area contributed by atoms with Gasteiger partial charge in [-0.2, -0.15) is 5.10 Å². The van der Waals surface area contributed by atoms with Gasteiger partial charge in [0.1, 0.15) is 0 Å². The second kappa shape index (κ2) is 8.43. The molecule has 8 heteroatoms. The highest BCUT2D eigenvalue weighted by molar-refractivity contribution is 5.93. The monoisotopic (exact) mass is 424 g/mol. The Labute approximate surface area is 183 Å². The number of anilines is 1. The molecule has 0 aliphatic carbocycles. The van der Waals surface area contributed by atoms with Crippen molar-refractivity contribution in [1.29, 1.82) is 0 Å². The van der Waals surface area contributed by atoms with Crippen molar-refractivity contribution in [3.63, 3.8) is 0 Å². The molecular formula is C23H32N6O2. The molecule has 2 amide bonds. The highest BCUT2D eigenvalue weighted by Crippen LogP contribution is 2.47. The van der Waals surface area contributed by atoms with Crippen LogP contribution in [0.5, 0.6) is 0 Å². The van der Waals surface area contributed by atoms with Gasteiger partial charge in [-0.1, -0.05) is 30.3 Å². The molecule has 4 rings (SSSR count). The van der Waals surface area contributed by atoms with Crippen LogP contribution in [0.1, 0.15) is 36.3 Å². The van der Waals surface area contributed by atoms with Crippen LogP contribution in [0.25, 0.3) is 0 Å². The number of carbonyl (C=O) groups is 2. The number of nitrogens with zero attached hydrogens (tertiary/aromatic N) is 3. The minimum Gasteiger partial charge on any atom is -0.348 e. The second-order valence-corrected chi connectivity index (χ2v) is 9.09. The minimum absolute atomic E-state index is 0.0249. The Balaban J connectivity index is 1.64. The highest BCUT2D eigenvalue weighted by atomic mass is 16.2. The van der Waals surface area contributed by atoms with Gasteiger partial charge < -0.3 is 15.5 Å². The van der Waals surface area contributed by atoms with Gasteiger partial charge in [-0.25, -0.2) is 0 Å². The van der Waals surface area contributed by atoms with Gasteiger partial charge in [-0.15, -0.1) is 0 Å². The molecule has 3 atom stereocenters. The fourth-order valence-corrected chi connectivity index (χ4v) is 5.52. The Kier molecular flexibility index (Phi) is 5.85. The maximum atomic E-state index is 13.1. The fourth-order valence-electron chi connectivity index (χ4n) is 5.52. The van der Waals surface area contributed by atoms with Crippen LogP contribution in [0.3, 0.4) is 0 Å². The second-order valence-electron chi connectivity index (χ2n) is 9.09. The van der Waals surface area contributed by atoms with E-state index in [1.807, 2.05) is 32.0 Å². The van der Waals surface area contributed by atoms with Crippen LogP contribution in [0, 0.1) is 19.8 Å². The number of hydrogen-bond donors (Lipinski definition) is 3. The first-order valence-corrected chi connectivity index (χ1v) is 10.9. The molecule has 3 N–H and O–H groups in total. The van der Waals surface area contributed by atoms with Crippen molar-refractivity contribution < 1.29 is 9.59 Å². The van der Waals surface area contributed by atoms with E-state index in [-0.39, 0.29) is 35.9 Å². The zero-order chi connectivity index (χ0) is 22.2. The summed E-state index contributed by atoms with van der Waals surface area (Å²) in [6, 6.07) is 10.4. The third kappa shape index (κ3) is 4.22. The lowest BCUT2D eigenvalue weighted by Gasteiger charge is -2.44. The largest absolute Gasteiger partial charge is 0.348 e. The lowest BCUT2D eigenvalue weighted by molar-refractivity contribution is -0.122. The summed E-state index contributed by atoms with van der Waals surface area (Å²) in [5.41, 5.74) is 3.18. The van der Waals surface area contributed by atoms with Crippen LogP contribution in [0.4, 0.5) is 5.69 Å². The van der Waals surface area contributed by atoms with Gasteiger partial charge in [-0.3, -0.25) is 19.6 Å². The van der Waals surface area contributed by atoms with E-state index in [2.05, 4.69) is 49.8 Å². The van der Waals surface area contributed by atoms with Crippen LogP contribution >= 0.6 is 0 Å². The molecule has 2 aromatic rings. The van der Waals surface area contributed by atoms with Crippen molar-refractivity contribution in [3.8, 4) is 0 Å². The van der Waals surface area contributed by atoms with E-state index in [0.717, 1.165) is 36.6 Å². The van der Waals surface area contributed by atoms with Crippen LogP contribution in [0.15, 0.2) is 30.3 Å². The molecule has 0 spiro atoms. The third-order valence-electron chi connectivity index (χ3n) is 6.65. The fraction of sp³-hybridized carbons (Fsp3) is 0.522. The zero-order valence-electron chi connectivity index (χ0n) is 18.7. The normalized spacial score (nSPS) is 26.5. The Bertz CT molecular complexity index is 939. The Morgan fingerprint density at radius 1 is 1.23 bits per heavy atom. The minimum atomic E-state index is -0.374. The molecule has 2 fully saturated rings. The molecule has 31 heavy (non-hydrogen) atoms. The number of benzene rings is 1. The molecule has 1 aromatic carbocycles. The summed E-state index contributed by atoms with van der Waals surface area (Å²) in [7, 11) is 2.09. The van der Waals surface area contributed by atoms with E-state index in [0.29, 0.717) is 6.54 Å². The van der Waals surface area contributed by atoms with Crippen LogP contribution in [-0.4, -0.2) is 70.6 Å². The first-order valence-electron chi connectivity index (χ1n) is 10.9. The van der Waals surface area contributed by atoms with Gasteiger partial charge in [-0.05, 0) is 39.4 Å². The first kappa shape index (κ1) is 21.5. The van der Waals surface area contributed by atoms with Crippen molar-refractivity contribution in [2.75, 3.05) is 38.5 Å². The summed E-state index contributed by atoms with van der Waals surface area (Å²) in [5.74, 6) is 0.141. The van der Waals surface area contributed by atoms with E-state index in [1.54, 1.807) is 6.92 Å². The van der Waals surface area contributed by atoms with Gasteiger partial charge in [0.2, 0.25) is 11.8 Å². The summed E-state index contributed by atoms with van der Waals surface area (Å²) in [5, 5.41) is 13.4. The van der Waals surface area contributed by atoms with Gasteiger partial charge in [0.05, 0.1) is 29.2 Å². The van der Waals surface area contributed by atoms with Crippen LogP contribution in [0.2, 0.25) is 0 Å². The van der Waals surface area contributed by atoms with Crippen molar-refractivity contribution in [3.05, 3.63) is 47.3 Å². The molecule has 0 radical (unpaired) electrons. The topological polar surface area (TPSA) is 93.4 Å². The third-order valence-corrected chi connectivity index (χ3v) is 6.65. The standard InChI is InChI=1S/C23H32N6O2/c1-15-21(16(2)27-26-15)24-20(31)12-29-14-23(25-17(3)30)13-28(4)11-10-19(23)22(29)18-8-6-5-7-9-18/h5-9,19,22H,10-14H2,1-4H3,(H,24,31)(H,25,30)(H,26,27)/t19-,22-,23-/m1/s1. The molecule has 2 aliphatic heterocycles. The maximum absolute atomic E-state index is 13.1. The molecular weight excluding hydrogens is 392 g/mol. The molecule has 2 saturated heterocycles. The number of likely N-dealkylation sites (tertiary alicyclic amines) is 2. The summed E-state index contributed by atoms with van der Waals surface area (Å²) in [6.07, 6.45) is 0.967. The van der Waals surface area contributed by atoms with E-state index < -0.39 is 0 Å². The van der Waals surface area contributed by atoms with Crippen molar-refractivity contribution in [1.82, 2.24) is 25.3 Å². The number of piperidine rings is 1. The first-order chi connectivity index (χ1) is 14.8. The van der Waals surface area contributed by atoms with E-state index in [1.165, 1.54) is 5.56 Å². The molecule has 166 valence electrons. The van der Waals surface area contributed by atoms with Crippen LogP contribution in [-0.2, 0) is 9.59 Å². The number of carbonyl (C=O) groups excluding carboxylic acids is 2. The van der Waals surface area contributed by atoms with Crippen LogP contribution < -0.4 is 10.6 Å². The number of nitrogens with one attached hydrogen (secondary N) is 3. The lowest BCUT2D eigenvalue weighted by atomic mass is 9.76. The average molecular weight is 425 g/mol. The number of aryl methyl sites for hydroxylation is 2. The number of fused-ring (bicyclic) bond motifs is 1. The lowest BCUT2D eigenvalue weighted by Crippen LogP contribution is -2.63. The van der Waals surface area contributed by atoms with Gasteiger partial charge >= 0.3 is 0 Å². The number of aromatic amines is 1. The predicted molar refractivity (Wildman–Crippen MR) is 120 cm³/mol. The van der Waals surface area contributed by atoms with Crippen molar-refractivity contribution >= 4 is 17.5 Å². The molecule has 2 aliphatic rings. The number of likely N-dealkylation sites (N-methyl/N-ethyl adjacent to an activating group) is 1. The number of hydrogen-bond acceptors (Lipinski definition) is 5. The number of H-pyrrole nitrogens is 1. The molecule has 1 aromatic heterocycles. The number of aromatic nitrogens is 2. The predicted octanol–water partition coefficient (Wildman–Crippen LogP) is 1.85. The van der Waals surface area contributed by atoms with Crippen molar-refractivity contribution in [2.45, 2.75) is 38.8 Å².